The maximum Gasteiger partial charge on any atom is 0.337 e. The zero-order chi connectivity index (χ0) is 18.7. The Bertz CT molecular complexity index is 1010. The minimum absolute atomic E-state index is 0.0306. The molecule has 0 bridgehead atoms. The summed E-state index contributed by atoms with van der Waals surface area (Å²) in [5.74, 6) is -0.266. The molecule has 0 unspecified atom stereocenters. The van der Waals surface area contributed by atoms with Crippen LogP contribution in [0, 0.1) is 5.82 Å². The molecule has 1 N–H and O–H groups in total. The molecule has 0 atom stereocenters. The molecular formula is C20H18FNO4. The first-order chi connectivity index (χ1) is 12.4. The van der Waals surface area contributed by atoms with E-state index in [0.717, 1.165) is 6.07 Å². The molecular weight excluding hydrogens is 337 g/mol. The van der Waals surface area contributed by atoms with Crippen LogP contribution < -0.4 is 15.7 Å². The normalized spacial score (nSPS) is 10.9. The number of carbonyl (C=O) groups is 1. The van der Waals surface area contributed by atoms with Crippen LogP contribution in [0.4, 0.5) is 4.39 Å². The second-order valence-electron chi connectivity index (χ2n) is 6.12. The van der Waals surface area contributed by atoms with Crippen molar-refractivity contribution < 1.29 is 18.3 Å². The molecule has 3 rings (SSSR count). The molecule has 0 aliphatic rings. The Labute approximate surface area is 149 Å². The van der Waals surface area contributed by atoms with Gasteiger partial charge in [0.1, 0.15) is 17.1 Å². The minimum Gasteiger partial charge on any atom is -0.491 e. The fraction of sp³-hybridized carbons (Fsp3) is 0.200. The molecule has 0 spiro atoms. The maximum absolute atomic E-state index is 13.2. The number of rotatable bonds is 5. The molecule has 0 saturated heterocycles. The fourth-order valence-corrected chi connectivity index (χ4v) is 2.60. The zero-order valence-corrected chi connectivity index (χ0v) is 14.4. The van der Waals surface area contributed by atoms with Gasteiger partial charge in [-0.05, 0) is 43.7 Å². The lowest BCUT2D eigenvalue weighted by molar-refractivity contribution is 0.0952. The summed E-state index contributed by atoms with van der Waals surface area (Å²) in [4.78, 5) is 24.3. The van der Waals surface area contributed by atoms with Gasteiger partial charge in [-0.2, -0.15) is 0 Å². The van der Waals surface area contributed by atoms with Gasteiger partial charge in [-0.25, -0.2) is 9.18 Å². The van der Waals surface area contributed by atoms with E-state index in [-0.39, 0.29) is 29.6 Å². The lowest BCUT2D eigenvalue weighted by Crippen LogP contribution is -2.24. The smallest absolute Gasteiger partial charge is 0.337 e. The highest BCUT2D eigenvalue weighted by atomic mass is 19.1. The topological polar surface area (TPSA) is 68.5 Å². The Balaban J connectivity index is 1.88. The van der Waals surface area contributed by atoms with E-state index < -0.39 is 11.5 Å². The average molecular weight is 355 g/mol. The van der Waals surface area contributed by atoms with Crippen molar-refractivity contribution in [3.63, 3.8) is 0 Å². The van der Waals surface area contributed by atoms with Gasteiger partial charge in [0.05, 0.1) is 11.7 Å². The zero-order valence-electron chi connectivity index (χ0n) is 14.4. The van der Waals surface area contributed by atoms with E-state index in [4.69, 9.17) is 9.15 Å². The standard InChI is InChI=1S/C20H18FNO4/c1-12(2)25-15-6-7-16-17(10-19(23)26-18(16)9-15)20(24)22-11-13-4-3-5-14(21)8-13/h3-10,12H,11H2,1-2H3,(H,22,24). The Morgan fingerprint density at radius 2 is 2.00 bits per heavy atom. The maximum atomic E-state index is 13.2. The first kappa shape index (κ1) is 17.7. The molecule has 0 aliphatic carbocycles. The molecule has 26 heavy (non-hydrogen) atoms. The van der Waals surface area contributed by atoms with E-state index in [1.165, 1.54) is 12.1 Å². The van der Waals surface area contributed by atoms with Gasteiger partial charge >= 0.3 is 5.63 Å². The summed E-state index contributed by atoms with van der Waals surface area (Å²) in [6.07, 6.45) is -0.0306. The van der Waals surface area contributed by atoms with Crippen molar-refractivity contribution in [3.05, 3.63) is 75.9 Å². The Hall–Kier alpha value is -3.15. The molecule has 2 aromatic carbocycles. The first-order valence-electron chi connectivity index (χ1n) is 8.19. The summed E-state index contributed by atoms with van der Waals surface area (Å²) in [5, 5.41) is 3.19. The number of halogens is 1. The second-order valence-corrected chi connectivity index (χ2v) is 6.12. The molecule has 134 valence electrons. The summed E-state index contributed by atoms with van der Waals surface area (Å²) in [6.45, 7) is 3.92. The average Bonchev–Trinajstić information content (AvgIpc) is 2.58. The summed E-state index contributed by atoms with van der Waals surface area (Å²) in [7, 11) is 0. The van der Waals surface area contributed by atoms with Gasteiger partial charge in [0, 0.05) is 24.1 Å². The predicted molar refractivity (Wildman–Crippen MR) is 95.8 cm³/mol. The third-order valence-electron chi connectivity index (χ3n) is 3.67. The molecule has 6 heteroatoms. The Morgan fingerprint density at radius 3 is 2.73 bits per heavy atom. The summed E-state index contributed by atoms with van der Waals surface area (Å²) < 4.78 is 24.0. The highest BCUT2D eigenvalue weighted by Crippen LogP contribution is 2.23. The molecule has 5 nitrogen and oxygen atoms in total. The summed E-state index contributed by atoms with van der Waals surface area (Å²) >= 11 is 0. The van der Waals surface area contributed by atoms with Crippen molar-refractivity contribution in [2.75, 3.05) is 0 Å². The van der Waals surface area contributed by atoms with Crippen molar-refractivity contribution in [2.24, 2.45) is 0 Å². The lowest BCUT2D eigenvalue weighted by atomic mass is 10.1. The van der Waals surface area contributed by atoms with Gasteiger partial charge in [-0.15, -0.1) is 0 Å². The van der Waals surface area contributed by atoms with Crippen LogP contribution in [-0.2, 0) is 6.54 Å². The van der Waals surface area contributed by atoms with E-state index in [1.54, 1.807) is 30.3 Å². The number of carbonyl (C=O) groups excluding carboxylic acids is 1. The number of amides is 1. The van der Waals surface area contributed by atoms with Crippen molar-refractivity contribution in [2.45, 2.75) is 26.5 Å². The largest absolute Gasteiger partial charge is 0.491 e. The molecule has 1 amide bonds. The molecule has 0 saturated carbocycles. The van der Waals surface area contributed by atoms with Crippen LogP contribution in [0.5, 0.6) is 5.75 Å². The van der Waals surface area contributed by atoms with Gasteiger partial charge in [-0.3, -0.25) is 4.79 Å². The Morgan fingerprint density at radius 1 is 1.19 bits per heavy atom. The van der Waals surface area contributed by atoms with Crippen LogP contribution in [0.3, 0.4) is 0 Å². The number of nitrogens with one attached hydrogen (secondary N) is 1. The highest BCUT2D eigenvalue weighted by Gasteiger charge is 2.14. The number of hydrogen-bond acceptors (Lipinski definition) is 4. The van der Waals surface area contributed by atoms with Crippen LogP contribution >= 0.6 is 0 Å². The molecule has 1 aromatic heterocycles. The quantitative estimate of drug-likeness (QED) is 0.710. The highest BCUT2D eigenvalue weighted by molar-refractivity contribution is 6.05. The minimum atomic E-state index is -0.630. The van der Waals surface area contributed by atoms with Crippen molar-refractivity contribution >= 4 is 16.9 Å². The van der Waals surface area contributed by atoms with Crippen molar-refractivity contribution in [1.82, 2.24) is 5.32 Å². The van der Waals surface area contributed by atoms with Gasteiger partial charge in [0.25, 0.3) is 5.91 Å². The fourth-order valence-electron chi connectivity index (χ4n) is 2.60. The Kier molecular flexibility index (Phi) is 5.02. The summed E-state index contributed by atoms with van der Waals surface area (Å²) in [6, 6.07) is 12.1. The molecule has 0 radical (unpaired) electrons. The van der Waals surface area contributed by atoms with Gasteiger partial charge in [0.15, 0.2) is 0 Å². The molecule has 0 aliphatic heterocycles. The van der Waals surface area contributed by atoms with E-state index in [0.29, 0.717) is 16.7 Å². The van der Waals surface area contributed by atoms with Crippen molar-refractivity contribution in [1.29, 1.82) is 0 Å². The predicted octanol–water partition coefficient (Wildman–Crippen LogP) is 3.65. The second kappa shape index (κ2) is 7.39. The van der Waals surface area contributed by atoms with E-state index in [9.17, 15) is 14.0 Å². The van der Waals surface area contributed by atoms with Crippen LogP contribution in [-0.4, -0.2) is 12.0 Å². The van der Waals surface area contributed by atoms with Crippen LogP contribution in [0.25, 0.3) is 11.0 Å². The number of benzene rings is 2. The first-order valence-corrected chi connectivity index (χ1v) is 8.19. The molecule has 3 aromatic rings. The van der Waals surface area contributed by atoms with Crippen LogP contribution in [0.2, 0.25) is 0 Å². The van der Waals surface area contributed by atoms with E-state index in [1.807, 2.05) is 13.8 Å². The van der Waals surface area contributed by atoms with Crippen LogP contribution in [0.15, 0.2) is 57.7 Å². The molecule has 1 heterocycles. The number of fused-ring (bicyclic) bond motifs is 1. The van der Waals surface area contributed by atoms with Crippen LogP contribution in [0.1, 0.15) is 29.8 Å². The monoisotopic (exact) mass is 355 g/mol. The van der Waals surface area contributed by atoms with Gasteiger partial charge < -0.3 is 14.5 Å². The van der Waals surface area contributed by atoms with Crippen molar-refractivity contribution in [3.8, 4) is 5.75 Å². The number of hydrogen-bond donors (Lipinski definition) is 1. The lowest BCUT2D eigenvalue weighted by Gasteiger charge is -2.11. The SMILES string of the molecule is CC(C)Oc1ccc2c(C(=O)NCc3cccc(F)c3)cc(=O)oc2c1. The number of ether oxygens (including phenoxy) is 1. The third kappa shape index (κ3) is 4.08. The third-order valence-corrected chi connectivity index (χ3v) is 3.67. The van der Waals surface area contributed by atoms with Gasteiger partial charge in [0.2, 0.25) is 0 Å². The van der Waals surface area contributed by atoms with E-state index in [2.05, 4.69) is 5.32 Å². The van der Waals surface area contributed by atoms with E-state index >= 15 is 0 Å². The summed E-state index contributed by atoms with van der Waals surface area (Å²) in [5.41, 5.74) is 0.462. The molecule has 0 fully saturated rings. The van der Waals surface area contributed by atoms with Gasteiger partial charge in [-0.1, -0.05) is 12.1 Å².